The number of nitrogens with one attached hydrogen (secondary N) is 1. The first-order chi connectivity index (χ1) is 9.15. The van der Waals surface area contributed by atoms with Crippen molar-refractivity contribution in [1.29, 1.82) is 0 Å². The first-order valence-electron chi connectivity index (χ1n) is 6.29. The Hall–Kier alpha value is -0.740. The summed E-state index contributed by atoms with van der Waals surface area (Å²) >= 11 is 11.7. The Morgan fingerprint density at radius 2 is 2.00 bits per heavy atom. The fourth-order valence-corrected chi connectivity index (χ4v) is 2.19. The van der Waals surface area contributed by atoms with E-state index in [2.05, 4.69) is 17.5 Å². The highest BCUT2D eigenvalue weighted by molar-refractivity contribution is 6.42. The van der Waals surface area contributed by atoms with Crippen LogP contribution in [0, 0.1) is 0 Å². The summed E-state index contributed by atoms with van der Waals surface area (Å²) in [4.78, 5) is 0. The van der Waals surface area contributed by atoms with Crippen molar-refractivity contribution in [1.82, 2.24) is 5.32 Å². The Morgan fingerprint density at radius 1 is 1.26 bits per heavy atom. The van der Waals surface area contributed by atoms with Gasteiger partial charge >= 0.3 is 0 Å². The van der Waals surface area contributed by atoms with Crippen molar-refractivity contribution in [2.24, 2.45) is 0 Å². The van der Waals surface area contributed by atoms with E-state index in [0.29, 0.717) is 28.4 Å². The third kappa shape index (κ3) is 4.69. The number of hydrogen-bond donors (Lipinski definition) is 2. The van der Waals surface area contributed by atoms with Crippen LogP contribution in [0.5, 0.6) is 5.75 Å². The Labute approximate surface area is 123 Å². The Balaban J connectivity index is 1.70. The molecular weight excluding hydrogens is 285 g/mol. The van der Waals surface area contributed by atoms with E-state index in [1.165, 1.54) is 0 Å². The number of aliphatic hydroxyl groups is 1. The van der Waals surface area contributed by atoms with Crippen LogP contribution in [0.3, 0.4) is 0 Å². The Morgan fingerprint density at radius 3 is 2.68 bits per heavy atom. The van der Waals surface area contributed by atoms with Crippen molar-refractivity contribution >= 4 is 23.2 Å². The maximum absolute atomic E-state index is 9.83. The molecule has 19 heavy (non-hydrogen) atoms. The molecule has 1 aliphatic rings. The summed E-state index contributed by atoms with van der Waals surface area (Å²) in [5.74, 6) is 0.607. The minimum Gasteiger partial charge on any atom is -0.491 e. The van der Waals surface area contributed by atoms with Crippen molar-refractivity contribution in [2.45, 2.75) is 25.0 Å². The molecule has 0 saturated carbocycles. The van der Waals surface area contributed by atoms with Crippen LogP contribution in [-0.2, 0) is 0 Å². The molecule has 0 saturated heterocycles. The van der Waals surface area contributed by atoms with Gasteiger partial charge < -0.3 is 15.2 Å². The third-order valence-corrected chi connectivity index (χ3v) is 3.72. The highest BCUT2D eigenvalue weighted by Crippen LogP contribution is 2.26. The lowest BCUT2D eigenvalue weighted by molar-refractivity contribution is 0.104. The second kappa shape index (κ2) is 7.15. The maximum Gasteiger partial charge on any atom is 0.121 e. The van der Waals surface area contributed by atoms with E-state index in [-0.39, 0.29) is 6.61 Å². The van der Waals surface area contributed by atoms with Gasteiger partial charge in [-0.2, -0.15) is 0 Å². The molecule has 0 aliphatic heterocycles. The molecule has 0 amide bonds. The molecule has 0 heterocycles. The van der Waals surface area contributed by atoms with Crippen molar-refractivity contribution in [3.8, 4) is 5.75 Å². The lowest BCUT2D eigenvalue weighted by Gasteiger charge is -2.17. The summed E-state index contributed by atoms with van der Waals surface area (Å²) in [6, 6.07) is 5.49. The molecule has 0 spiro atoms. The molecule has 1 atom stereocenters. The molecule has 1 unspecified atom stereocenters. The highest BCUT2D eigenvalue weighted by Gasteiger charge is 2.12. The Kier molecular flexibility index (Phi) is 5.52. The monoisotopic (exact) mass is 301 g/mol. The zero-order chi connectivity index (χ0) is 13.7. The summed E-state index contributed by atoms with van der Waals surface area (Å²) in [5, 5.41) is 14.1. The van der Waals surface area contributed by atoms with Gasteiger partial charge in [0, 0.05) is 18.7 Å². The molecule has 2 N–H and O–H groups in total. The zero-order valence-electron chi connectivity index (χ0n) is 10.5. The number of benzene rings is 1. The number of hydrogen-bond acceptors (Lipinski definition) is 3. The zero-order valence-corrected chi connectivity index (χ0v) is 12.0. The minimum atomic E-state index is -0.546. The van der Waals surface area contributed by atoms with Crippen molar-refractivity contribution < 1.29 is 9.84 Å². The highest BCUT2D eigenvalue weighted by atomic mass is 35.5. The van der Waals surface area contributed by atoms with Crippen molar-refractivity contribution in [3.63, 3.8) is 0 Å². The van der Waals surface area contributed by atoms with Crippen LogP contribution in [0.2, 0.25) is 10.0 Å². The number of ether oxygens (including phenoxy) is 1. The van der Waals surface area contributed by atoms with Crippen LogP contribution in [0.4, 0.5) is 0 Å². The van der Waals surface area contributed by atoms with Gasteiger partial charge in [0.15, 0.2) is 0 Å². The fourth-order valence-electron chi connectivity index (χ4n) is 1.90. The molecular formula is C14H17Cl2NO2. The second-order valence-corrected chi connectivity index (χ2v) is 5.40. The topological polar surface area (TPSA) is 41.5 Å². The van der Waals surface area contributed by atoms with Gasteiger partial charge in [-0.15, -0.1) is 0 Å². The molecule has 0 fully saturated rings. The summed E-state index contributed by atoms with van der Waals surface area (Å²) in [6.45, 7) is 0.749. The molecule has 3 nitrogen and oxygen atoms in total. The second-order valence-electron chi connectivity index (χ2n) is 4.59. The van der Waals surface area contributed by atoms with Crippen LogP contribution >= 0.6 is 23.2 Å². The third-order valence-electron chi connectivity index (χ3n) is 2.98. The van der Waals surface area contributed by atoms with Gasteiger partial charge in [-0.25, -0.2) is 0 Å². The minimum absolute atomic E-state index is 0.227. The van der Waals surface area contributed by atoms with Crippen molar-refractivity contribution in [2.75, 3.05) is 13.2 Å². The van der Waals surface area contributed by atoms with Crippen LogP contribution in [-0.4, -0.2) is 30.4 Å². The van der Waals surface area contributed by atoms with Gasteiger partial charge in [0.2, 0.25) is 0 Å². The predicted octanol–water partition coefficient (Wildman–Crippen LogP) is 3.04. The number of aliphatic hydroxyl groups excluding tert-OH is 1. The molecule has 104 valence electrons. The van der Waals surface area contributed by atoms with Gasteiger partial charge in [-0.1, -0.05) is 35.4 Å². The van der Waals surface area contributed by atoms with Crippen LogP contribution in [0.25, 0.3) is 0 Å². The van der Waals surface area contributed by atoms with E-state index in [1.54, 1.807) is 18.2 Å². The lowest BCUT2D eigenvalue weighted by atomic mass is 10.2. The normalized spacial score (nSPS) is 16.8. The Bertz CT molecular complexity index is 443. The van der Waals surface area contributed by atoms with Crippen LogP contribution in [0.1, 0.15) is 12.8 Å². The smallest absolute Gasteiger partial charge is 0.121 e. The van der Waals surface area contributed by atoms with Gasteiger partial charge in [0.1, 0.15) is 18.5 Å². The molecule has 2 rings (SSSR count). The molecule has 1 aromatic rings. The van der Waals surface area contributed by atoms with E-state index in [9.17, 15) is 5.11 Å². The molecule has 1 aromatic carbocycles. The van der Waals surface area contributed by atoms with E-state index in [0.717, 1.165) is 12.8 Å². The summed E-state index contributed by atoms with van der Waals surface area (Å²) in [5.41, 5.74) is 0. The average Bonchev–Trinajstić information content (AvgIpc) is 2.91. The van der Waals surface area contributed by atoms with Gasteiger partial charge in [0.05, 0.1) is 10.0 Å². The first kappa shape index (κ1) is 14.7. The molecule has 0 bridgehead atoms. The fraction of sp³-hybridized carbons (Fsp3) is 0.429. The van der Waals surface area contributed by atoms with E-state index >= 15 is 0 Å². The largest absolute Gasteiger partial charge is 0.491 e. The average molecular weight is 302 g/mol. The summed E-state index contributed by atoms with van der Waals surface area (Å²) in [6.07, 6.45) is 5.81. The van der Waals surface area contributed by atoms with Crippen LogP contribution in [0.15, 0.2) is 30.4 Å². The maximum atomic E-state index is 9.83. The molecule has 0 radical (unpaired) electrons. The van der Waals surface area contributed by atoms with E-state index in [1.807, 2.05) is 0 Å². The van der Waals surface area contributed by atoms with E-state index < -0.39 is 6.10 Å². The molecule has 0 aromatic heterocycles. The van der Waals surface area contributed by atoms with E-state index in [4.69, 9.17) is 27.9 Å². The summed E-state index contributed by atoms with van der Waals surface area (Å²) in [7, 11) is 0. The van der Waals surface area contributed by atoms with Gasteiger partial charge in [0.25, 0.3) is 0 Å². The van der Waals surface area contributed by atoms with Gasteiger partial charge in [-0.05, 0) is 25.0 Å². The number of rotatable bonds is 6. The number of halogens is 2. The van der Waals surface area contributed by atoms with Gasteiger partial charge in [-0.3, -0.25) is 0 Å². The quantitative estimate of drug-likeness (QED) is 0.794. The predicted molar refractivity (Wildman–Crippen MR) is 78.1 cm³/mol. The first-order valence-corrected chi connectivity index (χ1v) is 7.05. The summed E-state index contributed by atoms with van der Waals surface area (Å²) < 4.78 is 5.47. The van der Waals surface area contributed by atoms with Crippen molar-refractivity contribution in [3.05, 3.63) is 40.4 Å². The molecule has 1 aliphatic carbocycles. The van der Waals surface area contributed by atoms with Crippen LogP contribution < -0.4 is 10.1 Å². The standard InChI is InChI=1S/C14H17Cl2NO2/c15-13-6-5-12(7-14(13)16)19-9-11(18)8-17-10-3-1-2-4-10/h1-2,5-7,10-11,17-18H,3-4,8-9H2. The molecule has 5 heteroatoms. The SMILES string of the molecule is OC(CNC1CC=CC1)COc1ccc(Cl)c(Cl)c1. The lowest BCUT2D eigenvalue weighted by Crippen LogP contribution is -2.36.